The van der Waals surface area contributed by atoms with Crippen LogP contribution >= 0.6 is 8.53 Å². The first-order valence-electron chi connectivity index (χ1n) is 19.4. The number of rotatable bonds is 19. The summed E-state index contributed by atoms with van der Waals surface area (Å²) in [7, 11) is 5.46. The van der Waals surface area contributed by atoms with E-state index >= 15 is 0 Å². The molecule has 1 aliphatic rings. The van der Waals surface area contributed by atoms with Gasteiger partial charge in [-0.3, -0.25) is 4.57 Å². The number of fused-ring (bicyclic) bond motifs is 1. The molecule has 5 aromatic rings. The molecule has 6 rings (SSSR count). The van der Waals surface area contributed by atoms with Gasteiger partial charge in [0.2, 0.25) is 0 Å². The Morgan fingerprint density at radius 3 is 2.12 bits per heavy atom. The summed E-state index contributed by atoms with van der Waals surface area (Å²) in [5, 5.41) is 9.40. The van der Waals surface area contributed by atoms with Gasteiger partial charge in [-0.05, 0) is 68.7 Å². The molecule has 3 heterocycles. The van der Waals surface area contributed by atoms with Gasteiger partial charge in [0.15, 0.2) is 5.65 Å². The zero-order valence-corrected chi connectivity index (χ0v) is 35.3. The molecule has 306 valence electrons. The number of hydrogen-bond acceptors (Lipinski definition) is 12. The van der Waals surface area contributed by atoms with Crippen molar-refractivity contribution in [3.63, 3.8) is 0 Å². The van der Waals surface area contributed by atoms with Crippen molar-refractivity contribution in [2.45, 2.75) is 76.7 Å². The monoisotopic (exact) mass is 808 g/mol. The fourth-order valence-corrected chi connectivity index (χ4v) is 8.84. The van der Waals surface area contributed by atoms with Crippen LogP contribution in [0.15, 0.2) is 96.4 Å². The fourth-order valence-electron chi connectivity index (χ4n) is 7.08. The van der Waals surface area contributed by atoms with Crippen LogP contribution in [0.3, 0.4) is 0 Å². The molecule has 0 radical (unpaired) electrons. The summed E-state index contributed by atoms with van der Waals surface area (Å²) in [5.74, 6) is 1.76. The first-order valence-corrected chi connectivity index (χ1v) is 20.5. The highest BCUT2D eigenvalue weighted by molar-refractivity contribution is 7.44. The Morgan fingerprint density at radius 1 is 0.931 bits per heavy atom. The number of nitriles is 1. The summed E-state index contributed by atoms with van der Waals surface area (Å²) in [4.78, 5) is 20.0. The van der Waals surface area contributed by atoms with E-state index in [0.717, 1.165) is 28.2 Å². The smallest absolute Gasteiger partial charge is 0.259 e. The summed E-state index contributed by atoms with van der Waals surface area (Å²) < 4.78 is 43.0. The normalized spacial score (nSPS) is 17.7. The van der Waals surface area contributed by atoms with E-state index in [2.05, 4.69) is 65.5 Å². The van der Waals surface area contributed by atoms with E-state index < -0.39 is 32.6 Å². The molecule has 1 fully saturated rings. The second-order valence-electron chi connectivity index (χ2n) is 14.6. The average molecular weight is 809 g/mol. The van der Waals surface area contributed by atoms with Crippen LogP contribution in [0.4, 0.5) is 5.95 Å². The molecule has 14 nitrogen and oxygen atoms in total. The van der Waals surface area contributed by atoms with Crippen molar-refractivity contribution in [3.05, 3.63) is 108 Å². The molecule has 15 heteroatoms. The lowest BCUT2D eigenvalue weighted by molar-refractivity contribution is -0.0912. The van der Waals surface area contributed by atoms with Gasteiger partial charge in [-0.15, -0.1) is 0 Å². The van der Waals surface area contributed by atoms with Gasteiger partial charge in [0.05, 0.1) is 64.9 Å². The van der Waals surface area contributed by atoms with E-state index in [4.69, 9.17) is 33.0 Å². The molecule has 0 saturated carbocycles. The van der Waals surface area contributed by atoms with Crippen LogP contribution in [0.2, 0.25) is 0 Å². The largest absolute Gasteiger partial charge is 0.497 e. The summed E-state index contributed by atoms with van der Waals surface area (Å²) in [6.07, 6.45) is 4.10. The van der Waals surface area contributed by atoms with Crippen LogP contribution in [0, 0.1) is 11.3 Å². The maximum atomic E-state index is 9.40. The number of aliphatic imine (C=N–C) groups is 1. The molecule has 58 heavy (non-hydrogen) atoms. The van der Waals surface area contributed by atoms with E-state index in [1.807, 2.05) is 90.3 Å². The highest BCUT2D eigenvalue weighted by atomic mass is 31.2. The van der Waals surface area contributed by atoms with Gasteiger partial charge in [0.1, 0.15) is 34.9 Å². The number of aromatic nitrogens is 4. The fraction of sp³-hybridized carbons (Fsp3) is 0.419. The van der Waals surface area contributed by atoms with Crippen molar-refractivity contribution in [1.29, 1.82) is 5.26 Å². The third-order valence-corrected chi connectivity index (χ3v) is 11.9. The average Bonchev–Trinajstić information content (AvgIpc) is 3.84. The molecule has 2 aromatic heterocycles. The molecule has 0 bridgehead atoms. The lowest BCUT2D eigenvalue weighted by Gasteiger charge is -2.39. The number of benzene rings is 3. The van der Waals surface area contributed by atoms with Gasteiger partial charge in [-0.25, -0.2) is 19.6 Å². The lowest BCUT2D eigenvalue weighted by atomic mass is 9.80. The summed E-state index contributed by atoms with van der Waals surface area (Å²) in [6.45, 7) is 8.83. The van der Waals surface area contributed by atoms with Gasteiger partial charge in [0, 0.05) is 32.6 Å². The van der Waals surface area contributed by atoms with E-state index in [0.29, 0.717) is 23.5 Å². The standard InChI is InChI=1S/C43H53N8O6P/c1-30(2)51(31(3)4)58(55-24-12-23-44)57-38-25-40(50-29-46-37-26-45-42(48-41(37)50)47-28-49(5)6)56-39(38)27-54-43(32-13-10-9-11-14-32,33-15-19-35(52-7)20-16-33)34-17-21-36(53-8)22-18-34/h9-11,13-22,26,28-31,38-40H,12,24-25,27H2,1-8H3/b47-28+/t38-,39+,40+,58?/m0/s1. The Balaban J connectivity index is 1.43. The second-order valence-corrected chi connectivity index (χ2v) is 16.0. The Bertz CT molecular complexity index is 2070. The van der Waals surface area contributed by atoms with E-state index in [-0.39, 0.29) is 31.7 Å². The van der Waals surface area contributed by atoms with Crippen molar-refractivity contribution in [3.8, 4) is 17.6 Å². The van der Waals surface area contributed by atoms with Gasteiger partial charge < -0.3 is 32.9 Å². The molecule has 1 unspecified atom stereocenters. The third kappa shape index (κ3) is 9.64. The molecule has 0 N–H and O–H groups in total. The zero-order chi connectivity index (χ0) is 41.2. The summed E-state index contributed by atoms with van der Waals surface area (Å²) in [5.41, 5.74) is 2.82. The van der Waals surface area contributed by atoms with Crippen LogP contribution in [-0.2, 0) is 24.1 Å². The Kier molecular flexibility index (Phi) is 14.4. The van der Waals surface area contributed by atoms with Crippen LogP contribution in [0.5, 0.6) is 11.5 Å². The second kappa shape index (κ2) is 19.6. The van der Waals surface area contributed by atoms with Gasteiger partial charge in [-0.2, -0.15) is 10.2 Å². The van der Waals surface area contributed by atoms with Crippen molar-refractivity contribution in [1.82, 2.24) is 29.1 Å². The predicted octanol–water partition coefficient (Wildman–Crippen LogP) is 8.02. The van der Waals surface area contributed by atoms with Gasteiger partial charge in [-0.1, -0.05) is 54.6 Å². The molecule has 3 aromatic carbocycles. The number of methoxy groups -OCH3 is 2. The van der Waals surface area contributed by atoms with Crippen molar-refractivity contribution in [2.24, 2.45) is 4.99 Å². The first-order chi connectivity index (χ1) is 28.1. The maximum absolute atomic E-state index is 9.40. The number of hydrogen-bond donors (Lipinski definition) is 0. The Hall–Kier alpha value is -5.00. The van der Waals surface area contributed by atoms with E-state index in [1.54, 1.807) is 33.1 Å². The molecular formula is C43H53N8O6P. The summed E-state index contributed by atoms with van der Waals surface area (Å²) >= 11 is 0. The molecule has 0 spiro atoms. The summed E-state index contributed by atoms with van der Waals surface area (Å²) in [6, 6.07) is 28.4. The van der Waals surface area contributed by atoms with Crippen LogP contribution in [0.1, 0.15) is 63.5 Å². The highest BCUT2D eigenvalue weighted by Gasteiger charge is 2.45. The van der Waals surface area contributed by atoms with Crippen molar-refractivity contribution >= 4 is 32.0 Å². The van der Waals surface area contributed by atoms with Crippen molar-refractivity contribution < 1.29 is 28.0 Å². The van der Waals surface area contributed by atoms with Crippen LogP contribution < -0.4 is 9.47 Å². The Labute approximate surface area is 342 Å². The highest BCUT2D eigenvalue weighted by Crippen LogP contribution is 2.51. The molecule has 4 atom stereocenters. The zero-order valence-electron chi connectivity index (χ0n) is 34.4. The Morgan fingerprint density at radius 2 is 1.55 bits per heavy atom. The molecular weight excluding hydrogens is 755 g/mol. The number of nitrogens with zero attached hydrogens (tertiary/aromatic N) is 8. The SMILES string of the molecule is COc1ccc(C(OC[C@H]2O[C@@H](n3cnc4cnc(/N=C/N(C)C)nc43)C[C@@H]2OP(OCCC#N)N(C(C)C)C(C)C)(c2ccccc2)c2ccc(OC)cc2)cc1. The number of imidazole rings is 1. The molecule has 1 saturated heterocycles. The minimum Gasteiger partial charge on any atom is -0.497 e. The topological polar surface area (TPSA) is 142 Å². The molecule has 0 amide bonds. The lowest BCUT2D eigenvalue weighted by Crippen LogP contribution is -2.39. The molecule has 1 aliphatic heterocycles. The van der Waals surface area contributed by atoms with E-state index in [1.165, 1.54) is 0 Å². The predicted molar refractivity (Wildman–Crippen MR) is 224 cm³/mol. The minimum absolute atomic E-state index is 0.104. The van der Waals surface area contributed by atoms with Crippen molar-refractivity contribution in [2.75, 3.05) is 41.5 Å². The third-order valence-electron chi connectivity index (χ3n) is 9.72. The van der Waals surface area contributed by atoms with E-state index in [9.17, 15) is 5.26 Å². The number of ether oxygens (including phenoxy) is 4. The van der Waals surface area contributed by atoms with Gasteiger partial charge in [0.25, 0.3) is 14.5 Å². The maximum Gasteiger partial charge on any atom is 0.259 e. The van der Waals surface area contributed by atoms with Gasteiger partial charge >= 0.3 is 0 Å². The first kappa shape index (κ1) is 42.6. The quantitative estimate of drug-likeness (QED) is 0.0262. The van der Waals surface area contributed by atoms with Crippen LogP contribution in [-0.4, -0.2) is 101 Å². The van der Waals surface area contributed by atoms with Crippen LogP contribution in [0.25, 0.3) is 11.2 Å². The molecule has 0 aliphatic carbocycles. The minimum atomic E-state index is -1.62.